The van der Waals surface area contributed by atoms with Crippen LogP contribution in [0.5, 0.6) is 0 Å². The van der Waals surface area contributed by atoms with Crippen LogP contribution in [0.1, 0.15) is 26.2 Å². The number of benzene rings is 1. The third kappa shape index (κ3) is 2.78. The first-order valence-electron chi connectivity index (χ1n) is 7.55. The van der Waals surface area contributed by atoms with E-state index in [1.54, 1.807) is 0 Å². The molecule has 2 fully saturated rings. The van der Waals surface area contributed by atoms with E-state index in [1.807, 2.05) is 0 Å². The maximum Gasteiger partial charge on any atom is 0.308 e. The van der Waals surface area contributed by atoms with Crippen molar-refractivity contribution in [1.82, 2.24) is 4.31 Å². The number of carbonyl (C=O) groups is 2. The Balaban J connectivity index is 1.93. The Kier molecular flexibility index (Phi) is 4.31. The zero-order valence-corrected chi connectivity index (χ0v) is 14.5. The van der Waals surface area contributed by atoms with Crippen molar-refractivity contribution >= 4 is 39.2 Å². The predicted octanol–water partition coefficient (Wildman–Crippen LogP) is 1.92. The largest absolute Gasteiger partial charge is 0.481 e. The molecule has 2 bridgehead atoms. The molecule has 2 aliphatic heterocycles. The van der Waals surface area contributed by atoms with E-state index in [4.69, 9.17) is 11.6 Å². The molecule has 7 nitrogen and oxygen atoms in total. The van der Waals surface area contributed by atoms with Crippen molar-refractivity contribution < 1.29 is 23.1 Å². The second-order valence-electron chi connectivity index (χ2n) is 6.14. The molecule has 0 aromatic heterocycles. The van der Waals surface area contributed by atoms with E-state index in [9.17, 15) is 23.1 Å². The van der Waals surface area contributed by atoms with Gasteiger partial charge in [0.05, 0.1) is 21.5 Å². The Labute approximate surface area is 144 Å². The maximum absolute atomic E-state index is 12.9. The summed E-state index contributed by atoms with van der Waals surface area (Å²) in [4.78, 5) is 22.4. The summed E-state index contributed by atoms with van der Waals surface area (Å²) in [7, 11) is -3.84. The van der Waals surface area contributed by atoms with Crippen LogP contribution < -0.4 is 5.32 Å². The lowest BCUT2D eigenvalue weighted by Crippen LogP contribution is -2.37. The smallest absolute Gasteiger partial charge is 0.308 e. The average Bonchev–Trinajstić information content (AvgIpc) is 3.07. The predicted molar refractivity (Wildman–Crippen MR) is 87.3 cm³/mol. The van der Waals surface area contributed by atoms with Gasteiger partial charge < -0.3 is 10.4 Å². The summed E-state index contributed by atoms with van der Waals surface area (Å²) in [5.74, 6) is -1.93. The third-order valence-electron chi connectivity index (χ3n) is 4.62. The number of nitrogens with zero attached hydrogens (tertiary/aromatic N) is 1. The van der Waals surface area contributed by atoms with Crippen molar-refractivity contribution in [1.29, 1.82) is 0 Å². The third-order valence-corrected chi connectivity index (χ3v) is 6.90. The zero-order valence-electron chi connectivity index (χ0n) is 12.9. The highest BCUT2D eigenvalue weighted by Crippen LogP contribution is 2.45. The van der Waals surface area contributed by atoms with Crippen LogP contribution in [0.2, 0.25) is 5.02 Å². The van der Waals surface area contributed by atoms with Crippen LogP contribution in [0.4, 0.5) is 5.69 Å². The first kappa shape index (κ1) is 17.2. The molecule has 0 spiro atoms. The van der Waals surface area contributed by atoms with E-state index < -0.39 is 28.0 Å². The van der Waals surface area contributed by atoms with Gasteiger partial charge in [0.25, 0.3) is 0 Å². The monoisotopic (exact) mass is 372 g/mol. The molecule has 24 heavy (non-hydrogen) atoms. The molecule has 3 atom stereocenters. The van der Waals surface area contributed by atoms with Crippen molar-refractivity contribution in [3.63, 3.8) is 0 Å². The lowest BCUT2D eigenvalue weighted by atomic mass is 9.89. The Morgan fingerprint density at radius 1 is 1.33 bits per heavy atom. The van der Waals surface area contributed by atoms with Gasteiger partial charge in [0.1, 0.15) is 0 Å². The number of rotatable bonds is 4. The number of halogens is 1. The van der Waals surface area contributed by atoms with Gasteiger partial charge in [-0.05, 0) is 37.5 Å². The van der Waals surface area contributed by atoms with E-state index in [0.29, 0.717) is 24.9 Å². The number of hydrogen-bond acceptors (Lipinski definition) is 4. The van der Waals surface area contributed by atoms with Crippen molar-refractivity contribution in [2.45, 2.75) is 43.2 Å². The summed E-state index contributed by atoms with van der Waals surface area (Å²) in [6.07, 6.45) is 1.57. The minimum absolute atomic E-state index is 0.00420. The average molecular weight is 373 g/mol. The number of fused-ring (bicyclic) bond motifs is 2. The number of carboxylic acids is 1. The number of amides is 1. The van der Waals surface area contributed by atoms with Crippen molar-refractivity contribution in [2.75, 3.05) is 5.32 Å². The van der Waals surface area contributed by atoms with Gasteiger partial charge in [0.15, 0.2) is 0 Å². The van der Waals surface area contributed by atoms with Gasteiger partial charge in [-0.15, -0.1) is 0 Å². The van der Waals surface area contributed by atoms with E-state index in [1.165, 1.54) is 29.4 Å². The van der Waals surface area contributed by atoms with Gasteiger partial charge in [0.2, 0.25) is 15.9 Å². The molecule has 2 saturated heterocycles. The Hall–Kier alpha value is -1.64. The Morgan fingerprint density at radius 3 is 2.58 bits per heavy atom. The fourth-order valence-electron chi connectivity index (χ4n) is 3.65. The molecule has 0 saturated carbocycles. The SMILES string of the molecule is CC(=O)Nc1ccc(S(=O)(=O)N2C3CCC2C(C(=O)O)C3)cc1Cl. The topological polar surface area (TPSA) is 104 Å². The Morgan fingerprint density at radius 2 is 2.04 bits per heavy atom. The van der Waals surface area contributed by atoms with Crippen molar-refractivity contribution in [3.05, 3.63) is 23.2 Å². The summed E-state index contributed by atoms with van der Waals surface area (Å²) in [5, 5.41) is 11.9. The van der Waals surface area contributed by atoms with E-state index in [0.717, 1.165) is 0 Å². The highest BCUT2D eigenvalue weighted by atomic mass is 35.5. The van der Waals surface area contributed by atoms with Gasteiger partial charge in [-0.1, -0.05) is 11.6 Å². The molecule has 0 radical (unpaired) electrons. The summed E-state index contributed by atoms with van der Waals surface area (Å²) >= 11 is 6.06. The second-order valence-corrected chi connectivity index (χ2v) is 8.39. The van der Waals surface area contributed by atoms with Gasteiger partial charge >= 0.3 is 5.97 Å². The Bertz CT molecular complexity index is 810. The van der Waals surface area contributed by atoms with E-state index in [2.05, 4.69) is 5.32 Å². The van der Waals surface area contributed by atoms with Crippen LogP contribution in [0, 0.1) is 5.92 Å². The number of hydrogen-bond donors (Lipinski definition) is 2. The zero-order chi connectivity index (χ0) is 17.6. The summed E-state index contributed by atoms with van der Waals surface area (Å²) in [6, 6.07) is 3.31. The highest BCUT2D eigenvalue weighted by Gasteiger charge is 2.54. The quantitative estimate of drug-likeness (QED) is 0.840. The van der Waals surface area contributed by atoms with Crippen LogP contribution in [0.25, 0.3) is 0 Å². The molecule has 3 unspecified atom stereocenters. The van der Waals surface area contributed by atoms with Crippen molar-refractivity contribution in [3.8, 4) is 0 Å². The lowest BCUT2D eigenvalue weighted by molar-refractivity contribution is -0.142. The molecule has 130 valence electrons. The fraction of sp³-hybridized carbons (Fsp3) is 0.467. The molecule has 0 aliphatic carbocycles. The minimum atomic E-state index is -3.84. The number of sulfonamides is 1. The van der Waals surface area contributed by atoms with Gasteiger partial charge in [0, 0.05) is 19.0 Å². The number of carbonyl (C=O) groups excluding carboxylic acids is 1. The van der Waals surface area contributed by atoms with Gasteiger partial charge in [-0.3, -0.25) is 9.59 Å². The molecule has 2 aliphatic rings. The number of anilines is 1. The first-order valence-corrected chi connectivity index (χ1v) is 9.37. The van der Waals surface area contributed by atoms with E-state index >= 15 is 0 Å². The molecular formula is C15H17ClN2O5S. The molecule has 2 heterocycles. The standard InChI is InChI=1S/C15H17ClN2O5S/c1-8(19)17-13-4-3-10(7-12(13)16)24(22,23)18-9-2-5-14(18)11(6-9)15(20)21/h3-4,7,9,11,14H,2,5-6H2,1H3,(H,17,19)(H,20,21). The van der Waals surface area contributed by atoms with Gasteiger partial charge in [-0.25, -0.2) is 8.42 Å². The van der Waals surface area contributed by atoms with Crippen LogP contribution >= 0.6 is 11.6 Å². The summed E-state index contributed by atoms with van der Waals surface area (Å²) < 4.78 is 27.2. The second kappa shape index (κ2) is 6.02. The fourth-order valence-corrected chi connectivity index (χ4v) is 5.88. The number of nitrogens with one attached hydrogen (secondary N) is 1. The highest BCUT2D eigenvalue weighted by molar-refractivity contribution is 7.89. The summed E-state index contributed by atoms with van der Waals surface area (Å²) in [6.45, 7) is 1.33. The number of aliphatic carboxylic acids is 1. The maximum atomic E-state index is 12.9. The molecule has 1 aromatic rings. The van der Waals surface area contributed by atoms with Crippen LogP contribution in [0.15, 0.2) is 23.1 Å². The first-order chi connectivity index (χ1) is 11.2. The van der Waals surface area contributed by atoms with Crippen LogP contribution in [0.3, 0.4) is 0 Å². The lowest BCUT2D eigenvalue weighted by Gasteiger charge is -2.22. The van der Waals surface area contributed by atoms with E-state index in [-0.39, 0.29) is 21.9 Å². The molecule has 9 heteroatoms. The van der Waals surface area contributed by atoms with Crippen LogP contribution in [-0.2, 0) is 19.6 Å². The van der Waals surface area contributed by atoms with Crippen LogP contribution in [-0.4, -0.2) is 41.8 Å². The van der Waals surface area contributed by atoms with Crippen molar-refractivity contribution in [2.24, 2.45) is 5.92 Å². The number of carboxylic acid groups (broad SMARTS) is 1. The minimum Gasteiger partial charge on any atom is -0.481 e. The molecule has 1 aromatic carbocycles. The molecule has 2 N–H and O–H groups in total. The molecular weight excluding hydrogens is 356 g/mol. The summed E-state index contributed by atoms with van der Waals surface area (Å²) in [5.41, 5.74) is 0.330. The van der Waals surface area contributed by atoms with Gasteiger partial charge in [-0.2, -0.15) is 4.31 Å². The molecule has 3 rings (SSSR count). The normalized spacial score (nSPS) is 26.5. The molecule has 1 amide bonds.